The molecule has 2 aromatic carbocycles. The van der Waals surface area contributed by atoms with Crippen LogP contribution in [0.1, 0.15) is 37.4 Å². The Morgan fingerprint density at radius 1 is 1.08 bits per heavy atom. The highest BCUT2D eigenvalue weighted by molar-refractivity contribution is 7.90. The largest absolute Gasteiger partial charge is 0.478 e. The van der Waals surface area contributed by atoms with Crippen LogP contribution in [-0.2, 0) is 16.3 Å². The Morgan fingerprint density at radius 2 is 1.69 bits per heavy atom. The van der Waals surface area contributed by atoms with Crippen LogP contribution in [-0.4, -0.2) is 38.2 Å². The number of rotatable bonds is 6. The van der Waals surface area contributed by atoms with Crippen LogP contribution >= 0.6 is 0 Å². The number of aromatic carboxylic acids is 1. The maximum atomic E-state index is 12.4. The summed E-state index contributed by atoms with van der Waals surface area (Å²) in [6, 6.07) is 9.40. The van der Waals surface area contributed by atoms with Gasteiger partial charge in [0.2, 0.25) is 0 Å². The van der Waals surface area contributed by atoms with Gasteiger partial charge in [-0.25, -0.2) is 13.2 Å². The van der Waals surface area contributed by atoms with Crippen LogP contribution in [0, 0.1) is 13.8 Å². The first-order valence-electron chi connectivity index (χ1n) is 8.01. The summed E-state index contributed by atoms with van der Waals surface area (Å²) >= 11 is 0. The molecule has 0 fully saturated rings. The summed E-state index contributed by atoms with van der Waals surface area (Å²) in [6.45, 7) is 3.90. The molecule has 0 aliphatic heterocycles. The lowest BCUT2D eigenvalue weighted by molar-refractivity contribution is 0.0696. The fraction of sp³-hybridized carbons (Fsp3) is 0.263. The van der Waals surface area contributed by atoms with E-state index in [1.54, 1.807) is 32.0 Å². The SMILES string of the molecule is Cc1cc(S(C)(=O)=O)cc(C(=O)NCCc2ccc(C(=O)O)cc2)c1C. The zero-order valence-electron chi connectivity index (χ0n) is 14.9. The van der Waals surface area contributed by atoms with E-state index in [0.717, 1.165) is 22.9 Å². The number of nitrogens with one attached hydrogen (secondary N) is 1. The maximum Gasteiger partial charge on any atom is 0.335 e. The van der Waals surface area contributed by atoms with E-state index in [2.05, 4.69) is 5.32 Å². The fourth-order valence-electron chi connectivity index (χ4n) is 2.51. The summed E-state index contributed by atoms with van der Waals surface area (Å²) in [5, 5.41) is 11.7. The van der Waals surface area contributed by atoms with Crippen LogP contribution in [0.5, 0.6) is 0 Å². The van der Waals surface area contributed by atoms with E-state index in [1.807, 2.05) is 0 Å². The summed E-state index contributed by atoms with van der Waals surface area (Å²) in [5.74, 6) is -1.32. The Labute approximate surface area is 152 Å². The molecule has 0 bridgehead atoms. The number of carboxylic acids is 1. The van der Waals surface area contributed by atoms with E-state index >= 15 is 0 Å². The lowest BCUT2D eigenvalue weighted by Crippen LogP contribution is -2.27. The molecular formula is C19H21NO5S. The molecule has 0 heterocycles. The van der Waals surface area contributed by atoms with Crippen molar-refractivity contribution in [1.29, 1.82) is 0 Å². The molecule has 6 nitrogen and oxygen atoms in total. The Kier molecular flexibility index (Phi) is 5.82. The minimum Gasteiger partial charge on any atom is -0.478 e. The summed E-state index contributed by atoms with van der Waals surface area (Å²) in [6.07, 6.45) is 1.65. The van der Waals surface area contributed by atoms with E-state index in [4.69, 9.17) is 5.11 Å². The molecule has 2 rings (SSSR count). The second-order valence-electron chi connectivity index (χ2n) is 6.19. The second kappa shape index (κ2) is 7.70. The Morgan fingerprint density at radius 3 is 2.23 bits per heavy atom. The number of carbonyl (C=O) groups excluding carboxylic acids is 1. The Bertz CT molecular complexity index is 947. The average molecular weight is 375 g/mol. The van der Waals surface area contributed by atoms with Crippen molar-refractivity contribution in [1.82, 2.24) is 5.32 Å². The van der Waals surface area contributed by atoms with Gasteiger partial charge in [0, 0.05) is 18.4 Å². The van der Waals surface area contributed by atoms with Crippen LogP contribution in [0.4, 0.5) is 0 Å². The third-order valence-electron chi connectivity index (χ3n) is 4.21. The molecule has 26 heavy (non-hydrogen) atoms. The Balaban J connectivity index is 2.08. The lowest BCUT2D eigenvalue weighted by Gasteiger charge is -2.12. The van der Waals surface area contributed by atoms with Gasteiger partial charge in [0.1, 0.15) is 0 Å². The molecule has 7 heteroatoms. The molecule has 0 radical (unpaired) electrons. The van der Waals surface area contributed by atoms with Gasteiger partial charge in [-0.2, -0.15) is 0 Å². The highest BCUT2D eigenvalue weighted by Gasteiger charge is 2.16. The van der Waals surface area contributed by atoms with E-state index in [1.165, 1.54) is 18.2 Å². The van der Waals surface area contributed by atoms with Crippen LogP contribution < -0.4 is 5.32 Å². The summed E-state index contributed by atoms with van der Waals surface area (Å²) < 4.78 is 23.5. The minimum absolute atomic E-state index is 0.120. The van der Waals surface area contributed by atoms with Gasteiger partial charge in [-0.1, -0.05) is 12.1 Å². The number of carbonyl (C=O) groups is 2. The fourth-order valence-corrected chi connectivity index (χ4v) is 3.23. The van der Waals surface area contributed by atoms with Crippen molar-refractivity contribution in [3.05, 3.63) is 64.2 Å². The van der Waals surface area contributed by atoms with Crippen molar-refractivity contribution in [3.63, 3.8) is 0 Å². The van der Waals surface area contributed by atoms with E-state index in [9.17, 15) is 18.0 Å². The average Bonchev–Trinajstić information content (AvgIpc) is 2.56. The standard InChI is InChI=1S/C19H21NO5S/c1-12-10-16(26(3,24)25)11-17(13(12)2)18(21)20-9-8-14-4-6-15(7-5-14)19(22)23/h4-7,10-11H,8-9H2,1-3H3,(H,20,21)(H,22,23). The Hall–Kier alpha value is -2.67. The molecule has 0 saturated heterocycles. The lowest BCUT2D eigenvalue weighted by atomic mass is 10.0. The van der Waals surface area contributed by atoms with Gasteiger partial charge in [-0.05, 0) is 61.2 Å². The zero-order valence-corrected chi connectivity index (χ0v) is 15.7. The van der Waals surface area contributed by atoms with Crippen LogP contribution in [0.2, 0.25) is 0 Å². The highest BCUT2D eigenvalue weighted by atomic mass is 32.2. The van der Waals surface area contributed by atoms with Gasteiger partial charge in [0.15, 0.2) is 9.84 Å². The number of hydrogen-bond acceptors (Lipinski definition) is 4. The molecule has 138 valence electrons. The van der Waals surface area contributed by atoms with Crippen molar-refractivity contribution >= 4 is 21.7 Å². The number of carboxylic acid groups (broad SMARTS) is 1. The maximum absolute atomic E-state index is 12.4. The molecular weight excluding hydrogens is 354 g/mol. The predicted molar refractivity (Wildman–Crippen MR) is 98.5 cm³/mol. The zero-order chi connectivity index (χ0) is 19.5. The number of sulfone groups is 1. The molecule has 2 aromatic rings. The summed E-state index contributed by atoms with van der Waals surface area (Å²) in [5.41, 5.74) is 2.92. The van der Waals surface area contributed by atoms with E-state index in [-0.39, 0.29) is 16.4 Å². The van der Waals surface area contributed by atoms with Crippen LogP contribution in [0.25, 0.3) is 0 Å². The van der Waals surface area contributed by atoms with Gasteiger partial charge < -0.3 is 10.4 Å². The first-order valence-corrected chi connectivity index (χ1v) is 9.90. The summed E-state index contributed by atoms with van der Waals surface area (Å²) in [7, 11) is -3.40. The quantitative estimate of drug-likeness (QED) is 0.807. The van der Waals surface area contributed by atoms with Gasteiger partial charge in [-0.3, -0.25) is 4.79 Å². The molecule has 0 aliphatic rings. The number of hydrogen-bond donors (Lipinski definition) is 2. The van der Waals surface area contributed by atoms with E-state index in [0.29, 0.717) is 18.5 Å². The van der Waals surface area contributed by atoms with Crippen LogP contribution in [0.3, 0.4) is 0 Å². The molecule has 0 unspecified atom stereocenters. The van der Waals surface area contributed by atoms with Gasteiger partial charge in [0.25, 0.3) is 5.91 Å². The molecule has 0 saturated carbocycles. The first-order chi connectivity index (χ1) is 12.1. The molecule has 0 atom stereocenters. The molecule has 2 N–H and O–H groups in total. The molecule has 0 spiro atoms. The summed E-state index contributed by atoms with van der Waals surface area (Å²) in [4.78, 5) is 23.4. The minimum atomic E-state index is -3.40. The third-order valence-corrected chi connectivity index (χ3v) is 5.31. The third kappa shape index (κ3) is 4.70. The van der Waals surface area contributed by atoms with Gasteiger partial charge >= 0.3 is 5.97 Å². The van der Waals surface area contributed by atoms with Crippen molar-refractivity contribution < 1.29 is 23.1 Å². The number of benzene rings is 2. The predicted octanol–water partition coefficient (Wildman–Crippen LogP) is 2.38. The molecule has 1 amide bonds. The number of aryl methyl sites for hydroxylation is 1. The monoisotopic (exact) mass is 375 g/mol. The van der Waals surface area contributed by atoms with Gasteiger partial charge in [-0.15, -0.1) is 0 Å². The first kappa shape index (κ1) is 19.7. The van der Waals surface area contributed by atoms with Crippen molar-refractivity contribution in [2.75, 3.05) is 12.8 Å². The van der Waals surface area contributed by atoms with Crippen molar-refractivity contribution in [2.45, 2.75) is 25.2 Å². The van der Waals surface area contributed by atoms with Crippen LogP contribution in [0.15, 0.2) is 41.3 Å². The van der Waals surface area contributed by atoms with Crippen molar-refractivity contribution in [3.8, 4) is 0 Å². The smallest absolute Gasteiger partial charge is 0.335 e. The highest BCUT2D eigenvalue weighted by Crippen LogP contribution is 2.20. The normalized spacial score (nSPS) is 11.2. The topological polar surface area (TPSA) is 101 Å². The van der Waals surface area contributed by atoms with E-state index < -0.39 is 15.8 Å². The second-order valence-corrected chi connectivity index (χ2v) is 8.21. The number of amides is 1. The molecule has 0 aromatic heterocycles. The molecule has 0 aliphatic carbocycles. The van der Waals surface area contributed by atoms with Gasteiger partial charge in [0.05, 0.1) is 10.5 Å². The van der Waals surface area contributed by atoms with Crippen molar-refractivity contribution in [2.24, 2.45) is 0 Å².